The number of fused-ring (bicyclic) bond motifs is 1. The highest BCUT2D eigenvalue weighted by atomic mass is 15.3. The smallest absolute Gasteiger partial charge is 0.131 e. The van der Waals surface area contributed by atoms with E-state index in [1.807, 2.05) is 30.6 Å². The summed E-state index contributed by atoms with van der Waals surface area (Å²) in [5, 5.41) is 4.45. The van der Waals surface area contributed by atoms with Crippen LogP contribution < -0.4 is 16.0 Å². The summed E-state index contributed by atoms with van der Waals surface area (Å²) in [7, 11) is 0. The van der Waals surface area contributed by atoms with E-state index in [1.54, 1.807) is 0 Å². The zero-order valence-corrected chi connectivity index (χ0v) is 14.5. The summed E-state index contributed by atoms with van der Waals surface area (Å²) in [5.41, 5.74) is 10.1. The van der Waals surface area contributed by atoms with Crippen molar-refractivity contribution in [2.45, 2.75) is 6.92 Å². The van der Waals surface area contributed by atoms with Crippen molar-refractivity contribution in [1.29, 1.82) is 0 Å². The summed E-state index contributed by atoms with van der Waals surface area (Å²) in [5.74, 6) is 0.795. The second-order valence-electron chi connectivity index (χ2n) is 6.45. The number of piperazine rings is 1. The van der Waals surface area contributed by atoms with Crippen LogP contribution in [0.25, 0.3) is 10.9 Å². The van der Waals surface area contributed by atoms with Crippen LogP contribution in [0.1, 0.15) is 6.92 Å². The van der Waals surface area contributed by atoms with Gasteiger partial charge < -0.3 is 25.8 Å². The lowest BCUT2D eigenvalue weighted by atomic mass is 10.2. The van der Waals surface area contributed by atoms with Gasteiger partial charge in [0.2, 0.25) is 0 Å². The third-order valence-corrected chi connectivity index (χ3v) is 4.92. The largest absolute Gasteiger partial charge is 0.397 e. The van der Waals surface area contributed by atoms with Crippen LogP contribution in [-0.2, 0) is 0 Å². The number of pyridine rings is 1. The van der Waals surface area contributed by atoms with E-state index < -0.39 is 0 Å². The van der Waals surface area contributed by atoms with Crippen molar-refractivity contribution in [3.8, 4) is 0 Å². The van der Waals surface area contributed by atoms with E-state index >= 15 is 0 Å². The number of benzene rings is 1. The van der Waals surface area contributed by atoms with Gasteiger partial charge in [0.25, 0.3) is 0 Å². The van der Waals surface area contributed by atoms with Gasteiger partial charge in [0.05, 0.1) is 23.1 Å². The van der Waals surface area contributed by atoms with E-state index in [0.29, 0.717) is 0 Å². The highest BCUT2D eigenvalue weighted by molar-refractivity contribution is 5.83. The SMILES string of the molecule is CCN1CCN(c2ccc(Nc3cc4cc[nH]c4cn3)c(N)c2)CC1. The molecule has 4 N–H and O–H groups in total. The molecule has 0 radical (unpaired) electrons. The number of anilines is 4. The first kappa shape index (κ1) is 15.8. The van der Waals surface area contributed by atoms with Gasteiger partial charge >= 0.3 is 0 Å². The van der Waals surface area contributed by atoms with Crippen molar-refractivity contribution in [3.63, 3.8) is 0 Å². The summed E-state index contributed by atoms with van der Waals surface area (Å²) in [4.78, 5) is 12.5. The van der Waals surface area contributed by atoms with Crippen molar-refractivity contribution in [3.05, 3.63) is 42.7 Å². The van der Waals surface area contributed by atoms with Crippen molar-refractivity contribution in [1.82, 2.24) is 14.9 Å². The summed E-state index contributed by atoms with van der Waals surface area (Å²) in [6, 6.07) is 10.3. The number of nitrogens with two attached hydrogens (primary N) is 1. The summed E-state index contributed by atoms with van der Waals surface area (Å²) in [6.45, 7) is 7.65. The minimum Gasteiger partial charge on any atom is -0.397 e. The van der Waals surface area contributed by atoms with Gasteiger partial charge in [-0.15, -0.1) is 0 Å². The molecule has 1 aromatic carbocycles. The van der Waals surface area contributed by atoms with Gasteiger partial charge in [0.1, 0.15) is 5.82 Å². The maximum absolute atomic E-state index is 6.29. The Hall–Kier alpha value is -2.73. The zero-order chi connectivity index (χ0) is 17.2. The minimum absolute atomic E-state index is 0.742. The number of aromatic amines is 1. The van der Waals surface area contributed by atoms with E-state index in [1.165, 1.54) is 5.69 Å². The third kappa shape index (κ3) is 3.25. The molecule has 2 aromatic heterocycles. The normalized spacial score (nSPS) is 15.6. The third-order valence-electron chi connectivity index (χ3n) is 4.92. The molecule has 6 heteroatoms. The minimum atomic E-state index is 0.742. The molecule has 1 aliphatic rings. The van der Waals surface area contributed by atoms with Gasteiger partial charge in [0, 0.05) is 43.4 Å². The Kier molecular flexibility index (Phi) is 4.19. The molecule has 0 atom stereocenters. The molecular weight excluding hydrogens is 312 g/mol. The monoisotopic (exact) mass is 336 g/mol. The Bertz CT molecular complexity index is 863. The average molecular weight is 336 g/mol. The lowest BCUT2D eigenvalue weighted by Gasteiger charge is -2.35. The Morgan fingerprint density at radius 3 is 2.76 bits per heavy atom. The summed E-state index contributed by atoms with van der Waals surface area (Å²) >= 11 is 0. The number of hydrogen-bond donors (Lipinski definition) is 3. The van der Waals surface area contributed by atoms with Gasteiger partial charge in [-0.25, -0.2) is 4.98 Å². The first-order valence-electron chi connectivity index (χ1n) is 8.80. The van der Waals surface area contributed by atoms with Crippen LogP contribution in [0.3, 0.4) is 0 Å². The van der Waals surface area contributed by atoms with Crippen LogP contribution in [0.4, 0.5) is 22.9 Å². The molecule has 0 spiro atoms. The van der Waals surface area contributed by atoms with Gasteiger partial charge in [-0.1, -0.05) is 6.92 Å². The Balaban J connectivity index is 1.49. The maximum atomic E-state index is 6.29. The molecule has 1 fully saturated rings. The topological polar surface area (TPSA) is 73.2 Å². The number of H-pyrrole nitrogens is 1. The lowest BCUT2D eigenvalue weighted by molar-refractivity contribution is 0.271. The van der Waals surface area contributed by atoms with E-state index in [0.717, 1.165) is 60.8 Å². The predicted molar refractivity (Wildman–Crippen MR) is 105 cm³/mol. The highest BCUT2D eigenvalue weighted by Gasteiger charge is 2.16. The Morgan fingerprint density at radius 2 is 2.00 bits per heavy atom. The number of aromatic nitrogens is 2. The molecular formula is C19H24N6. The zero-order valence-electron chi connectivity index (χ0n) is 14.5. The van der Waals surface area contributed by atoms with Crippen LogP contribution >= 0.6 is 0 Å². The quantitative estimate of drug-likeness (QED) is 0.639. The summed E-state index contributed by atoms with van der Waals surface area (Å²) in [6.07, 6.45) is 3.74. The molecule has 6 nitrogen and oxygen atoms in total. The highest BCUT2D eigenvalue weighted by Crippen LogP contribution is 2.28. The van der Waals surface area contributed by atoms with Crippen molar-refractivity contribution >= 4 is 33.8 Å². The molecule has 1 aliphatic heterocycles. The van der Waals surface area contributed by atoms with Crippen LogP contribution in [-0.4, -0.2) is 47.6 Å². The van der Waals surface area contributed by atoms with Crippen LogP contribution in [0.15, 0.2) is 42.7 Å². The Labute approximate surface area is 147 Å². The first-order chi connectivity index (χ1) is 12.2. The van der Waals surface area contributed by atoms with E-state index in [-0.39, 0.29) is 0 Å². The number of rotatable bonds is 4. The number of hydrogen-bond acceptors (Lipinski definition) is 5. The van der Waals surface area contributed by atoms with E-state index in [4.69, 9.17) is 5.73 Å². The van der Waals surface area contributed by atoms with Gasteiger partial charge in [-0.05, 0) is 36.9 Å². The van der Waals surface area contributed by atoms with Crippen molar-refractivity contribution in [2.75, 3.05) is 48.7 Å². The van der Waals surface area contributed by atoms with Crippen molar-refractivity contribution < 1.29 is 0 Å². The van der Waals surface area contributed by atoms with Gasteiger partial charge in [0.15, 0.2) is 0 Å². The number of nitrogens with zero attached hydrogens (tertiary/aromatic N) is 3. The first-order valence-corrected chi connectivity index (χ1v) is 8.80. The summed E-state index contributed by atoms with van der Waals surface area (Å²) < 4.78 is 0. The van der Waals surface area contributed by atoms with Crippen LogP contribution in [0, 0.1) is 0 Å². The molecule has 1 saturated heterocycles. The molecule has 25 heavy (non-hydrogen) atoms. The van der Waals surface area contributed by atoms with Crippen molar-refractivity contribution in [2.24, 2.45) is 0 Å². The molecule has 130 valence electrons. The van der Waals surface area contributed by atoms with Crippen LogP contribution in [0.5, 0.6) is 0 Å². The fourth-order valence-corrected chi connectivity index (χ4v) is 3.34. The lowest BCUT2D eigenvalue weighted by Crippen LogP contribution is -2.46. The fourth-order valence-electron chi connectivity index (χ4n) is 3.34. The number of nitrogens with one attached hydrogen (secondary N) is 2. The molecule has 3 heterocycles. The molecule has 0 amide bonds. The maximum Gasteiger partial charge on any atom is 0.131 e. The molecule has 0 aliphatic carbocycles. The molecule has 0 bridgehead atoms. The molecule has 0 unspecified atom stereocenters. The van der Waals surface area contributed by atoms with Crippen LogP contribution in [0.2, 0.25) is 0 Å². The Morgan fingerprint density at radius 1 is 1.16 bits per heavy atom. The second-order valence-corrected chi connectivity index (χ2v) is 6.45. The average Bonchev–Trinajstić information content (AvgIpc) is 3.11. The number of likely N-dealkylation sites (N-methyl/N-ethyl adjacent to an activating group) is 1. The standard InChI is InChI=1S/C19H24N6/c1-2-24-7-9-25(10-8-24)15-3-4-17(16(20)12-15)23-19-11-14-5-6-21-18(14)13-22-19/h3-6,11-13,21H,2,7-10,20H2,1H3,(H,22,23). The molecule has 4 rings (SSSR count). The van der Waals surface area contributed by atoms with Gasteiger partial charge in [-0.3, -0.25) is 0 Å². The number of nitrogen functional groups attached to an aromatic ring is 1. The second kappa shape index (κ2) is 6.64. The molecule has 0 saturated carbocycles. The van der Waals surface area contributed by atoms with E-state index in [9.17, 15) is 0 Å². The predicted octanol–water partition coefficient (Wildman–Crippen LogP) is 3.03. The van der Waals surface area contributed by atoms with E-state index in [2.05, 4.69) is 44.1 Å². The molecule has 3 aromatic rings. The van der Waals surface area contributed by atoms with Gasteiger partial charge in [-0.2, -0.15) is 0 Å². The fraction of sp³-hybridized carbons (Fsp3) is 0.316.